The van der Waals surface area contributed by atoms with E-state index >= 15 is 0 Å². The molecule has 0 aliphatic heterocycles. The Kier molecular flexibility index (Phi) is 5.90. The number of nitrogens with zero attached hydrogens (tertiary/aromatic N) is 1. The molecule has 1 N–H and O–H groups in total. The molecule has 21 heavy (non-hydrogen) atoms. The number of nitro groups is 1. The highest BCUT2D eigenvalue weighted by Gasteiger charge is 2.25. The summed E-state index contributed by atoms with van der Waals surface area (Å²) in [6.07, 6.45) is 0. The Morgan fingerprint density at radius 3 is 2.57 bits per heavy atom. The monoisotopic (exact) mass is 356 g/mol. The number of carbonyl (C=O) groups is 1. The third kappa shape index (κ3) is 4.53. The number of rotatable bonds is 6. The molecule has 1 aromatic rings. The zero-order valence-corrected chi connectivity index (χ0v) is 13.0. The Bertz CT molecular complexity index is 676. The van der Waals surface area contributed by atoms with Crippen molar-refractivity contribution < 1.29 is 22.9 Å². The van der Waals surface area contributed by atoms with Gasteiger partial charge in [-0.15, -0.1) is 0 Å². The molecule has 0 radical (unpaired) electrons. The standard InChI is InChI=1S/C10H10Cl2N2O6S/c1-20-3-2-13-10(15)7-4-6(14(16)17)5-8(9(7)11)21(12,18)19/h4-5H,2-3H2,1H3,(H,13,15). The van der Waals surface area contributed by atoms with Crippen molar-refractivity contribution in [3.8, 4) is 0 Å². The van der Waals surface area contributed by atoms with Gasteiger partial charge in [-0.2, -0.15) is 0 Å². The second-order valence-corrected chi connectivity index (χ2v) is 6.66. The van der Waals surface area contributed by atoms with E-state index in [4.69, 9.17) is 27.0 Å². The summed E-state index contributed by atoms with van der Waals surface area (Å²) >= 11 is 5.80. The minimum absolute atomic E-state index is 0.122. The van der Waals surface area contributed by atoms with Gasteiger partial charge in [0, 0.05) is 36.5 Å². The van der Waals surface area contributed by atoms with Crippen LogP contribution in [0, 0.1) is 10.1 Å². The fourth-order valence-electron chi connectivity index (χ4n) is 1.39. The van der Waals surface area contributed by atoms with Gasteiger partial charge < -0.3 is 10.1 Å². The largest absolute Gasteiger partial charge is 0.383 e. The molecule has 1 aromatic carbocycles. The maximum absolute atomic E-state index is 11.9. The van der Waals surface area contributed by atoms with Crippen LogP contribution in [-0.2, 0) is 13.8 Å². The van der Waals surface area contributed by atoms with Crippen LogP contribution in [-0.4, -0.2) is 39.5 Å². The molecular weight excluding hydrogens is 347 g/mol. The fraction of sp³-hybridized carbons (Fsp3) is 0.300. The van der Waals surface area contributed by atoms with Crippen molar-refractivity contribution in [3.05, 3.63) is 32.8 Å². The van der Waals surface area contributed by atoms with Crippen molar-refractivity contribution in [1.29, 1.82) is 0 Å². The van der Waals surface area contributed by atoms with Crippen LogP contribution in [0.1, 0.15) is 10.4 Å². The van der Waals surface area contributed by atoms with E-state index in [2.05, 4.69) is 5.32 Å². The number of hydrogen-bond acceptors (Lipinski definition) is 6. The molecule has 1 rings (SSSR count). The van der Waals surface area contributed by atoms with Crippen LogP contribution in [0.3, 0.4) is 0 Å². The summed E-state index contributed by atoms with van der Waals surface area (Å²) in [6, 6.07) is 1.56. The summed E-state index contributed by atoms with van der Waals surface area (Å²) in [4.78, 5) is 21.1. The number of nitro benzene ring substituents is 1. The fourth-order valence-corrected chi connectivity index (χ4v) is 2.96. The molecule has 0 aliphatic rings. The Morgan fingerprint density at radius 2 is 2.10 bits per heavy atom. The van der Waals surface area contributed by atoms with E-state index in [-0.39, 0.29) is 18.7 Å². The number of hydrogen-bond donors (Lipinski definition) is 1. The summed E-state index contributed by atoms with van der Waals surface area (Å²) in [6.45, 7) is 0.330. The van der Waals surface area contributed by atoms with Gasteiger partial charge in [0.25, 0.3) is 20.6 Å². The lowest BCUT2D eigenvalue weighted by Crippen LogP contribution is -2.27. The van der Waals surface area contributed by atoms with E-state index < -0.39 is 35.5 Å². The van der Waals surface area contributed by atoms with Crippen molar-refractivity contribution in [2.24, 2.45) is 0 Å². The van der Waals surface area contributed by atoms with Gasteiger partial charge in [0.15, 0.2) is 0 Å². The summed E-state index contributed by atoms with van der Waals surface area (Å²) in [5.41, 5.74) is -0.975. The average molecular weight is 357 g/mol. The summed E-state index contributed by atoms with van der Waals surface area (Å²) in [5.74, 6) is -0.776. The second kappa shape index (κ2) is 7.03. The third-order valence-electron chi connectivity index (χ3n) is 2.33. The maximum Gasteiger partial charge on any atom is 0.271 e. The highest BCUT2D eigenvalue weighted by Crippen LogP contribution is 2.32. The highest BCUT2D eigenvalue weighted by molar-refractivity contribution is 8.13. The molecule has 0 atom stereocenters. The molecule has 0 aromatic heterocycles. The minimum Gasteiger partial charge on any atom is -0.383 e. The first kappa shape index (κ1) is 17.6. The summed E-state index contributed by atoms with van der Waals surface area (Å²) in [7, 11) is 2.24. The molecule has 116 valence electrons. The van der Waals surface area contributed by atoms with Gasteiger partial charge in [0.1, 0.15) is 4.90 Å². The number of carbonyl (C=O) groups excluding carboxylic acids is 1. The van der Waals surface area contributed by atoms with Gasteiger partial charge in [0.2, 0.25) is 0 Å². The zero-order valence-electron chi connectivity index (χ0n) is 10.6. The molecule has 0 heterocycles. The van der Waals surface area contributed by atoms with E-state index in [9.17, 15) is 23.3 Å². The van der Waals surface area contributed by atoms with E-state index in [0.29, 0.717) is 6.07 Å². The number of methoxy groups -OCH3 is 1. The highest BCUT2D eigenvalue weighted by atomic mass is 35.7. The van der Waals surface area contributed by atoms with Crippen molar-refractivity contribution in [1.82, 2.24) is 5.32 Å². The van der Waals surface area contributed by atoms with E-state index in [1.54, 1.807) is 0 Å². The Labute approximate surface area is 129 Å². The first-order valence-corrected chi connectivity index (χ1v) is 8.07. The topological polar surface area (TPSA) is 116 Å². The van der Waals surface area contributed by atoms with Crippen molar-refractivity contribution >= 4 is 42.9 Å². The molecular formula is C10H10Cl2N2O6S. The van der Waals surface area contributed by atoms with Gasteiger partial charge in [-0.25, -0.2) is 8.42 Å². The Hall–Kier alpha value is -1.42. The molecule has 0 bridgehead atoms. The van der Waals surface area contributed by atoms with Crippen LogP contribution < -0.4 is 5.32 Å². The van der Waals surface area contributed by atoms with E-state index in [1.807, 2.05) is 0 Å². The summed E-state index contributed by atoms with van der Waals surface area (Å²) < 4.78 is 27.5. The SMILES string of the molecule is COCCNC(=O)c1cc([N+](=O)[O-])cc(S(=O)(=O)Cl)c1Cl. The molecule has 1 amide bonds. The normalized spacial score (nSPS) is 11.2. The van der Waals surface area contributed by atoms with Crippen LogP contribution in [0.5, 0.6) is 0 Å². The van der Waals surface area contributed by atoms with Crippen molar-refractivity contribution in [2.75, 3.05) is 20.3 Å². The molecule has 0 aliphatic carbocycles. The third-order valence-corrected chi connectivity index (χ3v) is 4.20. The number of amides is 1. The molecule has 0 spiro atoms. The lowest BCUT2D eigenvalue weighted by molar-refractivity contribution is -0.385. The molecule has 0 unspecified atom stereocenters. The van der Waals surface area contributed by atoms with Crippen molar-refractivity contribution in [3.63, 3.8) is 0 Å². The lowest BCUT2D eigenvalue weighted by Gasteiger charge is -2.08. The van der Waals surface area contributed by atoms with Gasteiger partial charge in [0.05, 0.1) is 22.1 Å². The quantitative estimate of drug-likeness (QED) is 0.357. The maximum atomic E-state index is 11.9. The minimum atomic E-state index is -4.34. The number of ether oxygens (including phenoxy) is 1. The van der Waals surface area contributed by atoms with Crippen LogP contribution >= 0.6 is 22.3 Å². The first-order valence-electron chi connectivity index (χ1n) is 5.38. The van der Waals surface area contributed by atoms with E-state index in [0.717, 1.165) is 6.07 Å². The van der Waals surface area contributed by atoms with Gasteiger partial charge in [-0.05, 0) is 0 Å². The van der Waals surface area contributed by atoms with Crippen molar-refractivity contribution in [2.45, 2.75) is 4.90 Å². The molecule has 0 saturated carbocycles. The van der Waals surface area contributed by atoms with Crippen LogP contribution in [0.25, 0.3) is 0 Å². The number of halogens is 2. The molecule has 0 saturated heterocycles. The Balaban J connectivity index is 3.34. The first-order chi connectivity index (χ1) is 9.68. The Morgan fingerprint density at radius 1 is 1.48 bits per heavy atom. The van der Waals surface area contributed by atoms with Gasteiger partial charge >= 0.3 is 0 Å². The smallest absolute Gasteiger partial charge is 0.271 e. The van der Waals surface area contributed by atoms with Crippen LogP contribution in [0.4, 0.5) is 5.69 Å². The van der Waals surface area contributed by atoms with Gasteiger partial charge in [-0.1, -0.05) is 11.6 Å². The molecule has 0 fully saturated rings. The predicted molar refractivity (Wildman–Crippen MR) is 75.4 cm³/mol. The predicted octanol–water partition coefficient (Wildman–Crippen LogP) is 1.55. The van der Waals surface area contributed by atoms with Crippen LogP contribution in [0.15, 0.2) is 17.0 Å². The molecule has 11 heteroatoms. The number of nitrogens with one attached hydrogen (secondary N) is 1. The number of benzene rings is 1. The van der Waals surface area contributed by atoms with Gasteiger partial charge in [-0.3, -0.25) is 14.9 Å². The zero-order chi connectivity index (χ0) is 16.2. The van der Waals surface area contributed by atoms with E-state index in [1.165, 1.54) is 7.11 Å². The van der Waals surface area contributed by atoms with Crippen LogP contribution in [0.2, 0.25) is 5.02 Å². The molecule has 8 nitrogen and oxygen atoms in total. The average Bonchev–Trinajstić information content (AvgIpc) is 2.37. The second-order valence-electron chi connectivity index (χ2n) is 3.75. The number of non-ortho nitro benzene ring substituents is 1. The lowest BCUT2D eigenvalue weighted by atomic mass is 10.2. The summed E-state index contributed by atoms with van der Waals surface area (Å²) in [5, 5.41) is 12.7.